The summed E-state index contributed by atoms with van der Waals surface area (Å²) in [5.74, 6) is 0. The molecule has 1 aromatic carbocycles. The number of aromatic nitrogens is 2. The predicted octanol–water partition coefficient (Wildman–Crippen LogP) is 4.04. The summed E-state index contributed by atoms with van der Waals surface area (Å²) in [6, 6.07) is 9.23. The summed E-state index contributed by atoms with van der Waals surface area (Å²) in [7, 11) is 2.00. The van der Waals surface area contributed by atoms with Crippen LogP contribution in [0.5, 0.6) is 0 Å². The quantitative estimate of drug-likeness (QED) is 0.893. The zero-order valence-corrected chi connectivity index (χ0v) is 14.1. The zero-order chi connectivity index (χ0) is 14.7. The van der Waals surface area contributed by atoms with E-state index in [1.165, 1.54) is 11.1 Å². The molecule has 0 aliphatic carbocycles. The normalized spacial score (nSPS) is 12.9. The molecule has 0 saturated carbocycles. The SMILES string of the molecule is CNC(Cc1ccn(C(C)C)n1)c1cc(C)ccc1Br. The molecule has 1 N–H and O–H groups in total. The van der Waals surface area contributed by atoms with Gasteiger partial charge < -0.3 is 5.32 Å². The molecule has 0 amide bonds. The molecular formula is C16H22BrN3. The minimum atomic E-state index is 0.264. The van der Waals surface area contributed by atoms with E-state index in [1.54, 1.807) is 0 Å². The number of hydrogen-bond acceptors (Lipinski definition) is 2. The molecule has 0 bridgehead atoms. The fraction of sp³-hybridized carbons (Fsp3) is 0.438. The zero-order valence-electron chi connectivity index (χ0n) is 12.5. The molecule has 2 rings (SSSR count). The maximum absolute atomic E-state index is 4.64. The Hall–Kier alpha value is -1.13. The van der Waals surface area contributed by atoms with Crippen molar-refractivity contribution in [3.8, 4) is 0 Å². The van der Waals surface area contributed by atoms with Crippen LogP contribution in [0.1, 0.15) is 42.8 Å². The van der Waals surface area contributed by atoms with Crippen LogP contribution in [0.15, 0.2) is 34.9 Å². The summed E-state index contributed by atoms with van der Waals surface area (Å²) >= 11 is 3.65. The second kappa shape index (κ2) is 6.55. The standard InChI is InChI=1S/C16H22BrN3/c1-11(2)20-8-7-13(19-20)10-16(18-4)14-9-12(3)5-6-15(14)17/h5-9,11,16,18H,10H2,1-4H3. The van der Waals surface area contributed by atoms with Gasteiger partial charge in [0.1, 0.15) is 0 Å². The first-order valence-electron chi connectivity index (χ1n) is 6.98. The molecule has 0 aliphatic rings. The molecule has 4 heteroatoms. The molecule has 20 heavy (non-hydrogen) atoms. The van der Waals surface area contributed by atoms with Gasteiger partial charge in [0.2, 0.25) is 0 Å². The maximum Gasteiger partial charge on any atom is 0.0643 e. The van der Waals surface area contributed by atoms with Crippen molar-refractivity contribution < 1.29 is 0 Å². The van der Waals surface area contributed by atoms with Crippen LogP contribution in [-0.2, 0) is 6.42 Å². The van der Waals surface area contributed by atoms with Crippen LogP contribution >= 0.6 is 15.9 Å². The first-order valence-corrected chi connectivity index (χ1v) is 7.78. The van der Waals surface area contributed by atoms with E-state index < -0.39 is 0 Å². The Balaban J connectivity index is 2.21. The second-order valence-electron chi connectivity index (χ2n) is 5.45. The van der Waals surface area contributed by atoms with E-state index in [2.05, 4.69) is 77.6 Å². The molecule has 108 valence electrons. The van der Waals surface area contributed by atoms with Gasteiger partial charge in [0.25, 0.3) is 0 Å². The molecular weight excluding hydrogens is 314 g/mol. The third-order valence-electron chi connectivity index (χ3n) is 3.48. The summed E-state index contributed by atoms with van der Waals surface area (Å²) < 4.78 is 3.15. The Bertz CT molecular complexity index is 575. The van der Waals surface area contributed by atoms with Gasteiger partial charge in [-0.3, -0.25) is 4.68 Å². The van der Waals surface area contributed by atoms with E-state index in [9.17, 15) is 0 Å². The van der Waals surface area contributed by atoms with Gasteiger partial charge in [-0.25, -0.2) is 0 Å². The molecule has 0 fully saturated rings. The van der Waals surface area contributed by atoms with Gasteiger partial charge >= 0.3 is 0 Å². The summed E-state index contributed by atoms with van der Waals surface area (Å²) in [6.07, 6.45) is 2.94. The predicted molar refractivity (Wildman–Crippen MR) is 87.0 cm³/mol. The molecule has 1 aromatic heterocycles. The van der Waals surface area contributed by atoms with Gasteiger partial charge in [0.15, 0.2) is 0 Å². The van der Waals surface area contributed by atoms with Gasteiger partial charge in [0, 0.05) is 29.2 Å². The van der Waals surface area contributed by atoms with E-state index in [0.717, 1.165) is 16.6 Å². The Morgan fingerprint density at radius 1 is 1.30 bits per heavy atom. The lowest BCUT2D eigenvalue weighted by Gasteiger charge is -2.18. The van der Waals surface area contributed by atoms with Crippen LogP contribution in [0, 0.1) is 6.92 Å². The van der Waals surface area contributed by atoms with Crippen molar-refractivity contribution in [2.75, 3.05) is 7.05 Å². The van der Waals surface area contributed by atoms with E-state index in [0.29, 0.717) is 6.04 Å². The summed E-state index contributed by atoms with van der Waals surface area (Å²) in [5, 5.41) is 8.03. The minimum absolute atomic E-state index is 0.264. The van der Waals surface area contributed by atoms with Crippen molar-refractivity contribution >= 4 is 15.9 Å². The first-order chi connectivity index (χ1) is 9.51. The molecule has 0 spiro atoms. The van der Waals surface area contributed by atoms with Crippen molar-refractivity contribution in [2.45, 2.75) is 39.3 Å². The number of nitrogens with one attached hydrogen (secondary N) is 1. The van der Waals surface area contributed by atoms with Crippen LogP contribution in [0.2, 0.25) is 0 Å². The third kappa shape index (κ3) is 3.49. The lowest BCUT2D eigenvalue weighted by atomic mass is 10.0. The van der Waals surface area contributed by atoms with Crippen LogP contribution in [0.3, 0.4) is 0 Å². The number of likely N-dealkylation sites (N-methyl/N-ethyl adjacent to an activating group) is 1. The minimum Gasteiger partial charge on any atom is -0.313 e. The van der Waals surface area contributed by atoms with Crippen molar-refractivity contribution in [3.05, 3.63) is 51.8 Å². The van der Waals surface area contributed by atoms with E-state index in [-0.39, 0.29) is 6.04 Å². The molecule has 1 unspecified atom stereocenters. The molecule has 0 saturated heterocycles. The smallest absolute Gasteiger partial charge is 0.0643 e. The average molecular weight is 336 g/mol. The fourth-order valence-corrected chi connectivity index (χ4v) is 2.80. The van der Waals surface area contributed by atoms with E-state index in [4.69, 9.17) is 0 Å². The van der Waals surface area contributed by atoms with Crippen molar-refractivity contribution in [2.24, 2.45) is 0 Å². The number of nitrogens with zero attached hydrogens (tertiary/aromatic N) is 2. The van der Waals surface area contributed by atoms with Crippen molar-refractivity contribution in [1.29, 1.82) is 0 Å². The number of aryl methyl sites for hydroxylation is 1. The maximum atomic E-state index is 4.64. The Labute approximate surface area is 129 Å². The molecule has 0 radical (unpaired) electrons. The molecule has 0 aliphatic heterocycles. The number of hydrogen-bond donors (Lipinski definition) is 1. The Kier molecular flexibility index (Phi) is 5.00. The monoisotopic (exact) mass is 335 g/mol. The van der Waals surface area contributed by atoms with Crippen LogP contribution < -0.4 is 5.32 Å². The molecule has 3 nitrogen and oxygen atoms in total. The van der Waals surface area contributed by atoms with Crippen LogP contribution in [-0.4, -0.2) is 16.8 Å². The fourth-order valence-electron chi connectivity index (χ4n) is 2.28. The highest BCUT2D eigenvalue weighted by Gasteiger charge is 2.15. The average Bonchev–Trinajstić information content (AvgIpc) is 2.88. The van der Waals surface area contributed by atoms with Gasteiger partial charge in [-0.2, -0.15) is 5.10 Å². The second-order valence-corrected chi connectivity index (χ2v) is 6.31. The summed E-state index contributed by atoms with van der Waals surface area (Å²) in [6.45, 7) is 6.41. The number of rotatable bonds is 5. The topological polar surface area (TPSA) is 29.9 Å². The largest absolute Gasteiger partial charge is 0.313 e. The van der Waals surface area contributed by atoms with Gasteiger partial charge in [-0.05, 0) is 45.5 Å². The Morgan fingerprint density at radius 2 is 2.05 bits per heavy atom. The summed E-state index contributed by atoms with van der Waals surface area (Å²) in [5.41, 5.74) is 3.68. The van der Waals surface area contributed by atoms with Gasteiger partial charge in [-0.1, -0.05) is 33.6 Å². The molecule has 2 aromatic rings. The lowest BCUT2D eigenvalue weighted by Crippen LogP contribution is -2.20. The highest BCUT2D eigenvalue weighted by molar-refractivity contribution is 9.10. The van der Waals surface area contributed by atoms with E-state index in [1.807, 2.05) is 11.7 Å². The van der Waals surface area contributed by atoms with E-state index >= 15 is 0 Å². The molecule has 1 heterocycles. The lowest BCUT2D eigenvalue weighted by molar-refractivity contribution is 0.514. The molecule has 1 atom stereocenters. The summed E-state index contributed by atoms with van der Waals surface area (Å²) in [4.78, 5) is 0. The van der Waals surface area contributed by atoms with Crippen LogP contribution in [0.4, 0.5) is 0 Å². The van der Waals surface area contributed by atoms with Crippen molar-refractivity contribution in [1.82, 2.24) is 15.1 Å². The van der Waals surface area contributed by atoms with Gasteiger partial charge in [-0.15, -0.1) is 0 Å². The van der Waals surface area contributed by atoms with Crippen molar-refractivity contribution in [3.63, 3.8) is 0 Å². The van der Waals surface area contributed by atoms with Gasteiger partial charge in [0.05, 0.1) is 5.69 Å². The highest BCUT2D eigenvalue weighted by Crippen LogP contribution is 2.26. The third-order valence-corrected chi connectivity index (χ3v) is 4.20. The number of benzene rings is 1. The first kappa shape index (κ1) is 15.3. The Morgan fingerprint density at radius 3 is 2.65 bits per heavy atom. The number of halogens is 1. The van der Waals surface area contributed by atoms with Crippen LogP contribution in [0.25, 0.3) is 0 Å². The highest BCUT2D eigenvalue weighted by atomic mass is 79.9.